The fourth-order valence-corrected chi connectivity index (χ4v) is 8.00. The van der Waals surface area contributed by atoms with E-state index in [1.165, 1.54) is 24.3 Å². The summed E-state index contributed by atoms with van der Waals surface area (Å²) in [5.41, 5.74) is 2.57. The Morgan fingerprint density at radius 3 is 1.92 bits per heavy atom. The minimum atomic E-state index is -4.80. The predicted molar refractivity (Wildman–Crippen MR) is 197 cm³/mol. The van der Waals surface area contributed by atoms with E-state index in [1.807, 2.05) is 72.8 Å². The zero-order valence-corrected chi connectivity index (χ0v) is 29.3. The fourth-order valence-electron chi connectivity index (χ4n) is 6.60. The fraction of sp³-hybridized carbons (Fsp3) is 0.0488. The summed E-state index contributed by atoms with van der Waals surface area (Å²) in [6.45, 7) is -0.0747. The van der Waals surface area contributed by atoms with E-state index < -0.39 is 20.2 Å². The first-order valence-corrected chi connectivity index (χ1v) is 19.1. The molecule has 0 saturated carbocycles. The van der Waals surface area contributed by atoms with E-state index in [0.717, 1.165) is 21.5 Å². The first-order valence-electron chi connectivity index (χ1n) is 16.3. The molecule has 6 aromatic carbocycles. The predicted octanol–water partition coefficient (Wildman–Crippen LogP) is 6.84. The number of terminal acetylenes is 1. The summed E-state index contributed by atoms with van der Waals surface area (Å²) in [4.78, 5) is 1.04. The molecule has 1 aliphatic rings. The number of rotatable bonds is 8. The Bertz CT molecular complexity index is 2960. The minimum absolute atomic E-state index is 0.0374. The van der Waals surface area contributed by atoms with Gasteiger partial charge in [0.15, 0.2) is 12.3 Å². The van der Waals surface area contributed by atoms with E-state index >= 15 is 0 Å². The van der Waals surface area contributed by atoms with Gasteiger partial charge in [-0.2, -0.15) is 4.57 Å². The van der Waals surface area contributed by atoms with Crippen LogP contribution in [0.15, 0.2) is 153 Å². The van der Waals surface area contributed by atoms with Crippen LogP contribution in [0.1, 0.15) is 17.0 Å². The van der Waals surface area contributed by atoms with E-state index in [-0.39, 0.29) is 51.4 Å². The molecule has 0 radical (unpaired) electrons. The summed E-state index contributed by atoms with van der Waals surface area (Å²) < 4.78 is 87.8. The molecule has 8 rings (SSSR count). The lowest BCUT2D eigenvalue weighted by atomic mass is 10.1. The molecule has 10 nitrogen and oxygen atoms in total. The molecule has 0 unspecified atom stereocenters. The number of ether oxygens (including phenoxy) is 1. The third-order valence-electron chi connectivity index (χ3n) is 9.06. The average molecular weight is 740 g/mol. The van der Waals surface area contributed by atoms with Crippen molar-refractivity contribution in [3.8, 4) is 18.1 Å². The third-order valence-corrected chi connectivity index (χ3v) is 10.9. The zero-order chi connectivity index (χ0) is 36.9. The Labute approximate surface area is 305 Å². The van der Waals surface area contributed by atoms with E-state index in [4.69, 9.17) is 15.6 Å². The average Bonchev–Trinajstić information content (AvgIpc) is 3.63. The highest BCUT2D eigenvalue weighted by atomic mass is 32.2. The Morgan fingerprint density at radius 2 is 1.28 bits per heavy atom. The molecule has 12 heteroatoms. The minimum Gasteiger partial charge on any atom is -0.744 e. The number of anilines is 1. The van der Waals surface area contributed by atoms with Crippen molar-refractivity contribution in [1.29, 1.82) is 0 Å². The lowest BCUT2D eigenvalue weighted by molar-refractivity contribution is -0.669. The van der Waals surface area contributed by atoms with Gasteiger partial charge in [-0.15, -0.1) is 6.42 Å². The molecule has 1 aliphatic heterocycles. The molecule has 7 aromatic rings. The van der Waals surface area contributed by atoms with Gasteiger partial charge in [0.25, 0.3) is 5.52 Å². The highest BCUT2D eigenvalue weighted by Crippen LogP contribution is 2.43. The van der Waals surface area contributed by atoms with E-state index in [1.54, 1.807) is 45.9 Å². The second-order valence-corrected chi connectivity index (χ2v) is 15.1. The monoisotopic (exact) mass is 739 g/mol. The van der Waals surface area contributed by atoms with E-state index in [9.17, 15) is 25.9 Å². The first kappa shape index (κ1) is 33.9. The molecule has 0 fully saturated rings. The maximum absolute atomic E-state index is 12.2. The van der Waals surface area contributed by atoms with E-state index in [0.29, 0.717) is 22.5 Å². The summed E-state index contributed by atoms with van der Waals surface area (Å²) in [6.07, 6.45) is 9.30. The van der Waals surface area contributed by atoms with Crippen molar-refractivity contribution < 1.29 is 39.7 Å². The number of fused-ring (bicyclic) bond motifs is 4. The number of nitrogens with zero attached hydrogens (tertiary/aromatic N) is 2. The molecular formula is C41H27N2O8S2-. The molecule has 2 heterocycles. The van der Waals surface area contributed by atoms with Crippen LogP contribution in [0.5, 0.6) is 5.75 Å². The molecule has 0 atom stereocenters. The summed E-state index contributed by atoms with van der Waals surface area (Å²) in [7, 11) is -9.59. The van der Waals surface area contributed by atoms with Crippen LogP contribution in [0.3, 0.4) is 0 Å². The van der Waals surface area contributed by atoms with Crippen LogP contribution >= 0.6 is 0 Å². The van der Waals surface area contributed by atoms with Crippen molar-refractivity contribution in [2.24, 2.45) is 0 Å². The topological polar surface area (TPSA) is 144 Å². The maximum atomic E-state index is 12.2. The summed E-state index contributed by atoms with van der Waals surface area (Å²) >= 11 is 0. The van der Waals surface area contributed by atoms with Gasteiger partial charge >= 0.3 is 5.89 Å². The van der Waals surface area contributed by atoms with Crippen LogP contribution in [-0.2, 0) is 33.3 Å². The summed E-state index contributed by atoms with van der Waals surface area (Å²) in [6, 6.07) is 34.9. The Hall–Kier alpha value is -6.23. The molecular weight excluding hydrogens is 713 g/mol. The maximum Gasteiger partial charge on any atom is 0.375 e. The van der Waals surface area contributed by atoms with Crippen LogP contribution in [0.2, 0.25) is 0 Å². The Morgan fingerprint density at radius 1 is 0.736 bits per heavy atom. The van der Waals surface area contributed by atoms with Gasteiger partial charge < -0.3 is 23.2 Å². The van der Waals surface area contributed by atoms with Crippen molar-refractivity contribution in [2.45, 2.75) is 22.9 Å². The quantitative estimate of drug-likeness (QED) is 0.0930. The van der Waals surface area contributed by atoms with Gasteiger partial charge in [-0.05, 0) is 57.4 Å². The number of allylic oxidation sites excluding steroid dienone is 2. The summed E-state index contributed by atoms with van der Waals surface area (Å²) in [5.74, 6) is 3.69. The van der Waals surface area contributed by atoms with Gasteiger partial charge in [0, 0.05) is 23.3 Å². The first-order chi connectivity index (χ1) is 25.5. The second-order valence-electron chi connectivity index (χ2n) is 12.4. The third kappa shape index (κ3) is 6.54. The SMILES string of the molecule is C#CC(=Cc1oc2cc3ccccc3cc2[n+]1Cc1ccccc1S(=O)(=O)[O-])C=C1Oc2cc3ccccc3cc2N1Cc1ccccc1S(=O)(=O)[O-]. The molecule has 0 bridgehead atoms. The van der Waals surface area contributed by atoms with Gasteiger partial charge in [-0.1, -0.05) is 90.8 Å². The molecule has 262 valence electrons. The highest BCUT2D eigenvalue weighted by Gasteiger charge is 2.30. The molecule has 0 aliphatic carbocycles. The highest BCUT2D eigenvalue weighted by molar-refractivity contribution is 7.86. The molecule has 1 aromatic heterocycles. The van der Waals surface area contributed by atoms with Gasteiger partial charge in [-0.3, -0.25) is 0 Å². The standard InChI is InChI=1S/C41H28N2O8S2/c1-2-27(19-40-42(25-32-15-7-9-17-38(32)52(44,45)46)34-21-28-11-3-5-13-30(28)23-36(34)50-40)20-41-43(26-33-16-8-10-18-39(33)53(47,48)49)35-22-29-12-4-6-14-31(29)24-37(35)51-41/h1,3-24H,25-26H2,(H-,44,45,46,47,48,49)/p-1. The van der Waals surface area contributed by atoms with Crippen LogP contribution in [0.4, 0.5) is 5.69 Å². The summed E-state index contributed by atoms with van der Waals surface area (Å²) in [5, 5.41) is 3.65. The van der Waals surface area contributed by atoms with E-state index in [2.05, 4.69) is 5.92 Å². The van der Waals surface area contributed by atoms with Gasteiger partial charge in [0.05, 0.1) is 28.1 Å². The lowest BCUT2D eigenvalue weighted by Crippen LogP contribution is -2.36. The largest absolute Gasteiger partial charge is 0.744 e. The molecule has 0 N–H and O–H groups in total. The van der Waals surface area contributed by atoms with Crippen molar-refractivity contribution in [2.75, 3.05) is 4.90 Å². The molecule has 0 spiro atoms. The van der Waals surface area contributed by atoms with Crippen molar-refractivity contribution in [1.82, 2.24) is 0 Å². The van der Waals surface area contributed by atoms with Gasteiger partial charge in [0.1, 0.15) is 20.2 Å². The molecule has 0 amide bonds. The number of hydrogen-bond donors (Lipinski definition) is 0. The lowest BCUT2D eigenvalue weighted by Gasteiger charge is -2.21. The van der Waals surface area contributed by atoms with Crippen molar-refractivity contribution in [3.05, 3.63) is 156 Å². The van der Waals surface area contributed by atoms with Crippen LogP contribution in [0, 0.1) is 12.3 Å². The smallest absolute Gasteiger partial charge is 0.375 e. The number of aromatic nitrogens is 1. The van der Waals surface area contributed by atoms with Gasteiger partial charge in [-0.25, -0.2) is 16.8 Å². The number of hydrogen-bond acceptors (Lipinski definition) is 9. The molecule has 53 heavy (non-hydrogen) atoms. The zero-order valence-electron chi connectivity index (χ0n) is 27.7. The van der Waals surface area contributed by atoms with Crippen LogP contribution in [-0.4, -0.2) is 25.9 Å². The van der Waals surface area contributed by atoms with Gasteiger partial charge in [0.2, 0.25) is 11.5 Å². The Balaban J connectivity index is 1.29. The molecule has 0 saturated heterocycles. The Kier molecular flexibility index (Phi) is 8.36. The number of oxazole rings is 1. The number of benzene rings is 6. The normalized spacial score (nSPS) is 14.2. The second kappa shape index (κ2) is 13.1. The van der Waals surface area contributed by atoms with Crippen LogP contribution < -0.4 is 14.2 Å². The van der Waals surface area contributed by atoms with Crippen molar-refractivity contribution >= 4 is 64.6 Å². The van der Waals surface area contributed by atoms with Crippen LogP contribution in [0.25, 0.3) is 38.7 Å². The van der Waals surface area contributed by atoms with Crippen molar-refractivity contribution in [3.63, 3.8) is 0 Å².